The van der Waals surface area contributed by atoms with Gasteiger partial charge < -0.3 is 14.7 Å². The lowest BCUT2D eigenvalue weighted by Gasteiger charge is -2.42. The van der Waals surface area contributed by atoms with Crippen molar-refractivity contribution in [3.63, 3.8) is 0 Å². The van der Waals surface area contributed by atoms with Crippen LogP contribution in [0.3, 0.4) is 0 Å². The first-order chi connectivity index (χ1) is 12.0. The number of piperazine rings is 1. The molecule has 0 bridgehead atoms. The van der Waals surface area contributed by atoms with Crippen molar-refractivity contribution < 1.29 is 14.0 Å². The van der Waals surface area contributed by atoms with E-state index in [0.717, 1.165) is 19.6 Å². The summed E-state index contributed by atoms with van der Waals surface area (Å²) in [6.07, 6.45) is 0.821. The number of hydrogen-bond acceptors (Lipinski definition) is 3. The van der Waals surface area contributed by atoms with Crippen LogP contribution in [0.15, 0.2) is 24.3 Å². The highest BCUT2D eigenvalue weighted by Gasteiger charge is 2.41. The summed E-state index contributed by atoms with van der Waals surface area (Å²) >= 11 is 0. The van der Waals surface area contributed by atoms with Gasteiger partial charge in [0.15, 0.2) is 0 Å². The quantitative estimate of drug-likeness (QED) is 0.839. The Morgan fingerprint density at radius 3 is 2.52 bits per heavy atom. The monoisotopic (exact) mass is 347 g/mol. The molecule has 0 unspecified atom stereocenters. The highest BCUT2D eigenvalue weighted by atomic mass is 19.1. The molecule has 2 fully saturated rings. The van der Waals surface area contributed by atoms with E-state index in [1.165, 1.54) is 6.07 Å². The van der Waals surface area contributed by atoms with Crippen LogP contribution in [0.2, 0.25) is 0 Å². The Morgan fingerprint density at radius 2 is 1.88 bits per heavy atom. The van der Waals surface area contributed by atoms with Gasteiger partial charge in [0.2, 0.25) is 11.8 Å². The lowest BCUT2D eigenvalue weighted by atomic mass is 9.83. The van der Waals surface area contributed by atoms with Crippen molar-refractivity contribution in [3.8, 4) is 0 Å². The minimum Gasteiger partial charge on any atom is -0.340 e. The molecular formula is C19H26FN3O2. The largest absolute Gasteiger partial charge is 0.340 e. The second-order valence-corrected chi connectivity index (χ2v) is 6.88. The van der Waals surface area contributed by atoms with Gasteiger partial charge in [0.05, 0.1) is 12.0 Å². The smallest absolute Gasteiger partial charge is 0.228 e. The third-order valence-corrected chi connectivity index (χ3v) is 5.53. The van der Waals surface area contributed by atoms with E-state index in [-0.39, 0.29) is 23.5 Å². The Morgan fingerprint density at radius 1 is 1.20 bits per heavy atom. The first kappa shape index (κ1) is 17.9. The van der Waals surface area contributed by atoms with Gasteiger partial charge in [0.1, 0.15) is 5.82 Å². The molecule has 0 N–H and O–H groups in total. The molecule has 1 aromatic carbocycles. The highest BCUT2D eigenvalue weighted by Crippen LogP contribution is 2.38. The van der Waals surface area contributed by atoms with Gasteiger partial charge in [-0.3, -0.25) is 9.59 Å². The zero-order valence-corrected chi connectivity index (χ0v) is 14.9. The van der Waals surface area contributed by atoms with Crippen LogP contribution >= 0.6 is 0 Å². The number of carbonyl (C=O) groups excluding carboxylic acids is 2. The number of hydrogen-bond donors (Lipinski definition) is 0. The highest BCUT2D eigenvalue weighted by molar-refractivity contribution is 5.85. The Balaban J connectivity index is 1.84. The zero-order valence-electron chi connectivity index (χ0n) is 14.9. The lowest BCUT2D eigenvalue weighted by molar-refractivity contribution is -0.147. The summed E-state index contributed by atoms with van der Waals surface area (Å²) in [6, 6.07) is 5.94. The van der Waals surface area contributed by atoms with Crippen LogP contribution in [0.25, 0.3) is 0 Å². The molecule has 2 aliphatic rings. The van der Waals surface area contributed by atoms with Crippen molar-refractivity contribution in [2.75, 3.05) is 39.8 Å². The Hall–Kier alpha value is -1.95. The van der Waals surface area contributed by atoms with Crippen molar-refractivity contribution >= 4 is 11.8 Å². The summed E-state index contributed by atoms with van der Waals surface area (Å²) in [6.45, 7) is 6.24. The Labute approximate surface area is 148 Å². The van der Waals surface area contributed by atoms with E-state index in [1.54, 1.807) is 30.1 Å². The zero-order chi connectivity index (χ0) is 18.0. The van der Waals surface area contributed by atoms with Gasteiger partial charge in [-0.1, -0.05) is 25.1 Å². The number of piperidine rings is 1. The van der Waals surface area contributed by atoms with Crippen molar-refractivity contribution in [3.05, 3.63) is 35.6 Å². The normalized spacial score (nSPS) is 25.3. The standard InChI is InChI=1S/C19H26FN3O2/c1-3-22-10-12-23(13-11-22)19(25)15-8-9-17(24)21(2)18(15)14-6-4-5-7-16(14)20/h4-7,15,18H,3,8-13H2,1-2H3/t15-,18-/m0/s1. The fraction of sp³-hybridized carbons (Fsp3) is 0.579. The summed E-state index contributed by atoms with van der Waals surface area (Å²) in [7, 11) is 1.67. The van der Waals surface area contributed by atoms with E-state index in [2.05, 4.69) is 11.8 Å². The first-order valence-electron chi connectivity index (χ1n) is 9.04. The fourth-order valence-electron chi connectivity index (χ4n) is 3.96. The molecule has 6 heteroatoms. The molecular weight excluding hydrogens is 321 g/mol. The van der Waals surface area contributed by atoms with Crippen LogP contribution in [-0.2, 0) is 9.59 Å². The van der Waals surface area contributed by atoms with E-state index in [9.17, 15) is 14.0 Å². The maximum Gasteiger partial charge on any atom is 0.228 e. The number of rotatable bonds is 3. The van der Waals surface area contributed by atoms with E-state index in [4.69, 9.17) is 0 Å². The molecule has 2 atom stereocenters. The molecule has 1 aromatic rings. The molecule has 2 amide bonds. The minimum atomic E-state index is -0.529. The third-order valence-electron chi connectivity index (χ3n) is 5.53. The number of likely N-dealkylation sites (tertiary alicyclic amines) is 1. The van der Waals surface area contributed by atoms with Gasteiger partial charge >= 0.3 is 0 Å². The summed E-state index contributed by atoms with van der Waals surface area (Å²) in [4.78, 5) is 31.1. The van der Waals surface area contributed by atoms with Crippen LogP contribution in [0.5, 0.6) is 0 Å². The molecule has 2 heterocycles. The number of amides is 2. The lowest BCUT2D eigenvalue weighted by Crippen LogP contribution is -2.53. The molecule has 136 valence electrons. The molecule has 3 rings (SSSR count). The van der Waals surface area contributed by atoms with Gasteiger partial charge in [-0.15, -0.1) is 0 Å². The molecule has 5 nitrogen and oxygen atoms in total. The van der Waals surface area contributed by atoms with Crippen LogP contribution in [-0.4, -0.2) is 66.3 Å². The minimum absolute atomic E-state index is 0.0342. The Bertz CT molecular complexity index is 643. The average molecular weight is 347 g/mol. The van der Waals surface area contributed by atoms with Gasteiger partial charge in [-0.05, 0) is 19.0 Å². The Kier molecular flexibility index (Phi) is 5.37. The molecule has 0 aliphatic carbocycles. The molecule has 25 heavy (non-hydrogen) atoms. The van der Waals surface area contributed by atoms with Crippen molar-refractivity contribution in [2.45, 2.75) is 25.8 Å². The summed E-state index contributed by atoms with van der Waals surface area (Å²) < 4.78 is 14.4. The van der Waals surface area contributed by atoms with E-state index in [1.807, 2.05) is 4.90 Å². The summed E-state index contributed by atoms with van der Waals surface area (Å²) in [5.41, 5.74) is 0.434. The predicted molar refractivity (Wildman–Crippen MR) is 93.3 cm³/mol. The first-order valence-corrected chi connectivity index (χ1v) is 9.04. The van der Waals surface area contributed by atoms with Gasteiger partial charge in [0, 0.05) is 45.2 Å². The van der Waals surface area contributed by atoms with E-state index in [0.29, 0.717) is 31.5 Å². The SMILES string of the molecule is CCN1CCN(C(=O)[C@H]2CCC(=O)N(C)[C@H]2c2ccccc2F)CC1. The molecule has 0 radical (unpaired) electrons. The second-order valence-electron chi connectivity index (χ2n) is 6.88. The van der Waals surface area contributed by atoms with Crippen LogP contribution < -0.4 is 0 Å². The molecule has 0 spiro atoms. The molecule has 0 saturated carbocycles. The van der Waals surface area contributed by atoms with Crippen LogP contribution in [0, 0.1) is 11.7 Å². The number of benzene rings is 1. The number of nitrogens with zero attached hydrogens (tertiary/aromatic N) is 3. The number of carbonyl (C=O) groups is 2. The van der Waals surface area contributed by atoms with Crippen molar-refractivity contribution in [2.24, 2.45) is 5.92 Å². The summed E-state index contributed by atoms with van der Waals surface area (Å²) in [5, 5.41) is 0. The topological polar surface area (TPSA) is 43.9 Å². The number of halogens is 1. The molecule has 0 aromatic heterocycles. The predicted octanol–water partition coefficient (Wildman–Crippen LogP) is 1.90. The van der Waals surface area contributed by atoms with Crippen LogP contribution in [0.1, 0.15) is 31.4 Å². The maximum absolute atomic E-state index is 14.4. The van der Waals surface area contributed by atoms with Gasteiger partial charge in [-0.25, -0.2) is 4.39 Å². The molecule has 2 saturated heterocycles. The van der Waals surface area contributed by atoms with Gasteiger partial charge in [-0.2, -0.15) is 0 Å². The fourth-order valence-corrected chi connectivity index (χ4v) is 3.96. The van der Waals surface area contributed by atoms with E-state index >= 15 is 0 Å². The third kappa shape index (κ3) is 3.54. The molecule has 2 aliphatic heterocycles. The van der Waals surface area contributed by atoms with E-state index < -0.39 is 6.04 Å². The van der Waals surface area contributed by atoms with Gasteiger partial charge in [0.25, 0.3) is 0 Å². The summed E-state index contributed by atoms with van der Waals surface area (Å²) in [5.74, 6) is -0.730. The van der Waals surface area contributed by atoms with Crippen molar-refractivity contribution in [1.29, 1.82) is 0 Å². The second kappa shape index (κ2) is 7.52. The van der Waals surface area contributed by atoms with Crippen LogP contribution in [0.4, 0.5) is 4.39 Å². The number of likely N-dealkylation sites (N-methyl/N-ethyl adjacent to an activating group) is 1. The van der Waals surface area contributed by atoms with Crippen molar-refractivity contribution in [1.82, 2.24) is 14.7 Å². The maximum atomic E-state index is 14.4. The average Bonchev–Trinajstić information content (AvgIpc) is 2.64.